The summed E-state index contributed by atoms with van der Waals surface area (Å²) in [4.78, 5) is 24.6. The van der Waals surface area contributed by atoms with Crippen LogP contribution in [0, 0.1) is 0 Å². The Hall–Kier alpha value is -2.86. The van der Waals surface area contributed by atoms with E-state index in [0.29, 0.717) is 13.0 Å². The molecule has 0 atom stereocenters. The second-order valence-corrected chi connectivity index (χ2v) is 5.94. The van der Waals surface area contributed by atoms with Crippen molar-refractivity contribution < 1.29 is 4.79 Å². The molecule has 0 spiro atoms. The molecule has 24 heavy (non-hydrogen) atoms. The number of thiazole rings is 1. The lowest BCUT2D eigenvalue weighted by atomic mass is 10.2. The van der Waals surface area contributed by atoms with Crippen molar-refractivity contribution in [1.29, 1.82) is 0 Å². The zero-order valence-electron chi connectivity index (χ0n) is 12.9. The molecule has 5 nitrogen and oxygen atoms in total. The van der Waals surface area contributed by atoms with Crippen molar-refractivity contribution in [3.05, 3.63) is 70.9 Å². The molecule has 3 rings (SSSR count). The zero-order valence-corrected chi connectivity index (χ0v) is 13.7. The molecule has 0 bridgehead atoms. The molecule has 0 aliphatic heterocycles. The highest BCUT2D eigenvalue weighted by atomic mass is 32.1. The highest BCUT2D eigenvalue weighted by Gasteiger charge is 2.05. The first-order valence-corrected chi connectivity index (χ1v) is 8.41. The Morgan fingerprint density at radius 3 is 2.92 bits per heavy atom. The number of hydrogen-bond acceptors (Lipinski definition) is 5. The fourth-order valence-electron chi connectivity index (χ4n) is 2.06. The van der Waals surface area contributed by atoms with Gasteiger partial charge >= 0.3 is 0 Å². The number of aromatic nitrogens is 3. The van der Waals surface area contributed by atoms with Gasteiger partial charge in [-0.25, -0.2) is 4.98 Å². The summed E-state index contributed by atoms with van der Waals surface area (Å²) >= 11 is 1.58. The Morgan fingerprint density at radius 2 is 2.12 bits per heavy atom. The van der Waals surface area contributed by atoms with E-state index in [4.69, 9.17) is 0 Å². The summed E-state index contributed by atoms with van der Waals surface area (Å²) in [6, 6.07) is 9.48. The van der Waals surface area contributed by atoms with Crippen LogP contribution in [-0.4, -0.2) is 27.4 Å². The van der Waals surface area contributed by atoms with Crippen molar-refractivity contribution in [3.8, 4) is 11.4 Å². The molecule has 3 aromatic rings. The Balaban J connectivity index is 1.47. The molecule has 0 saturated heterocycles. The molecule has 120 valence electrons. The monoisotopic (exact) mass is 336 g/mol. The summed E-state index contributed by atoms with van der Waals surface area (Å²) < 4.78 is 0. The number of nitrogens with zero attached hydrogens (tertiary/aromatic N) is 3. The zero-order chi connectivity index (χ0) is 16.6. The lowest BCUT2D eigenvalue weighted by molar-refractivity contribution is -0.116. The highest BCUT2D eigenvalue weighted by molar-refractivity contribution is 7.09. The number of hydrogen-bond donors (Lipinski definition) is 1. The summed E-state index contributed by atoms with van der Waals surface area (Å²) in [6.07, 6.45) is 9.11. The Morgan fingerprint density at radius 1 is 1.17 bits per heavy atom. The first-order valence-electron chi connectivity index (χ1n) is 7.53. The molecule has 0 aromatic carbocycles. The van der Waals surface area contributed by atoms with Crippen LogP contribution in [0.4, 0.5) is 0 Å². The molecular formula is C18H16N4OS. The normalized spacial score (nSPS) is 10.8. The second-order valence-electron chi connectivity index (χ2n) is 5.00. The number of carbonyl (C=O) groups is 1. The van der Waals surface area contributed by atoms with Crippen LogP contribution in [0.15, 0.2) is 60.4 Å². The number of carbonyl (C=O) groups excluding carboxylic acids is 1. The third-order valence-electron chi connectivity index (χ3n) is 3.23. The van der Waals surface area contributed by atoms with E-state index in [-0.39, 0.29) is 5.91 Å². The van der Waals surface area contributed by atoms with Crippen LogP contribution in [0.1, 0.15) is 10.6 Å². The standard InChI is InChI=1S/C18H16N4OS/c23-17(7-6-14-4-3-9-19-12-14)21-11-8-18-22-16(13-24-18)15-5-1-2-10-20-15/h1-7,9-10,12-13H,8,11H2,(H,21,23)/b7-6-. The van der Waals surface area contributed by atoms with E-state index >= 15 is 0 Å². The molecule has 0 unspecified atom stereocenters. The van der Waals surface area contributed by atoms with Gasteiger partial charge in [-0.1, -0.05) is 12.1 Å². The Bertz CT molecular complexity index is 815. The van der Waals surface area contributed by atoms with Crippen molar-refractivity contribution in [2.45, 2.75) is 6.42 Å². The average Bonchev–Trinajstić information content (AvgIpc) is 3.11. The van der Waals surface area contributed by atoms with Crippen LogP contribution < -0.4 is 5.32 Å². The summed E-state index contributed by atoms with van der Waals surface area (Å²) in [5.74, 6) is -0.125. The van der Waals surface area contributed by atoms with Crippen LogP contribution in [0.2, 0.25) is 0 Å². The number of nitrogens with one attached hydrogen (secondary N) is 1. The lowest BCUT2D eigenvalue weighted by Gasteiger charge is -1.99. The van der Waals surface area contributed by atoms with E-state index in [1.807, 2.05) is 35.7 Å². The van der Waals surface area contributed by atoms with Crippen molar-refractivity contribution in [1.82, 2.24) is 20.3 Å². The minimum Gasteiger partial charge on any atom is -0.352 e. The fourth-order valence-corrected chi connectivity index (χ4v) is 2.85. The number of rotatable bonds is 6. The Kier molecular flexibility index (Phi) is 5.42. The van der Waals surface area contributed by atoms with E-state index in [2.05, 4.69) is 20.3 Å². The molecule has 0 saturated carbocycles. The quantitative estimate of drug-likeness (QED) is 0.703. The van der Waals surface area contributed by atoms with Gasteiger partial charge in [-0.3, -0.25) is 14.8 Å². The smallest absolute Gasteiger partial charge is 0.244 e. The van der Waals surface area contributed by atoms with Crippen molar-refractivity contribution in [2.24, 2.45) is 0 Å². The first-order chi connectivity index (χ1) is 11.8. The van der Waals surface area contributed by atoms with Crippen LogP contribution in [-0.2, 0) is 11.2 Å². The largest absolute Gasteiger partial charge is 0.352 e. The number of pyridine rings is 2. The maximum atomic E-state index is 11.8. The summed E-state index contributed by atoms with van der Waals surface area (Å²) in [7, 11) is 0. The molecule has 0 aliphatic rings. The minimum atomic E-state index is -0.125. The van der Waals surface area contributed by atoms with Gasteiger partial charge in [-0.15, -0.1) is 11.3 Å². The van der Waals surface area contributed by atoms with E-state index in [1.54, 1.807) is 36.0 Å². The fraction of sp³-hybridized carbons (Fsp3) is 0.111. The maximum Gasteiger partial charge on any atom is 0.244 e. The third-order valence-corrected chi connectivity index (χ3v) is 4.14. The molecular weight excluding hydrogens is 320 g/mol. The van der Waals surface area contributed by atoms with Crippen LogP contribution in [0.5, 0.6) is 0 Å². The van der Waals surface area contributed by atoms with Crippen molar-refractivity contribution in [2.75, 3.05) is 6.54 Å². The molecule has 3 heterocycles. The van der Waals surface area contributed by atoms with Crippen LogP contribution in [0.3, 0.4) is 0 Å². The van der Waals surface area contributed by atoms with Gasteiger partial charge in [0.15, 0.2) is 0 Å². The van der Waals surface area contributed by atoms with Gasteiger partial charge in [0.2, 0.25) is 5.91 Å². The topological polar surface area (TPSA) is 67.8 Å². The number of amides is 1. The van der Waals surface area contributed by atoms with Gasteiger partial charge in [0.25, 0.3) is 0 Å². The average molecular weight is 336 g/mol. The molecule has 3 aromatic heterocycles. The molecule has 1 amide bonds. The highest BCUT2D eigenvalue weighted by Crippen LogP contribution is 2.19. The molecule has 6 heteroatoms. The molecule has 1 N–H and O–H groups in total. The third kappa shape index (κ3) is 4.57. The van der Waals surface area contributed by atoms with Gasteiger partial charge in [-0.2, -0.15) is 0 Å². The van der Waals surface area contributed by atoms with Gasteiger partial charge in [0.1, 0.15) is 0 Å². The second kappa shape index (κ2) is 8.12. The Labute approximate surface area is 144 Å². The summed E-state index contributed by atoms with van der Waals surface area (Å²) in [6.45, 7) is 0.547. The van der Waals surface area contributed by atoms with E-state index < -0.39 is 0 Å². The molecule has 0 radical (unpaired) electrons. The summed E-state index contributed by atoms with van der Waals surface area (Å²) in [5.41, 5.74) is 2.63. The predicted octanol–water partition coefficient (Wildman–Crippen LogP) is 2.97. The van der Waals surface area contributed by atoms with Gasteiger partial charge in [-0.05, 0) is 29.8 Å². The van der Waals surface area contributed by atoms with Crippen molar-refractivity contribution >= 4 is 23.3 Å². The van der Waals surface area contributed by atoms with E-state index in [9.17, 15) is 4.79 Å². The van der Waals surface area contributed by atoms with Gasteiger partial charge in [0.05, 0.1) is 16.4 Å². The molecule has 0 aliphatic carbocycles. The summed E-state index contributed by atoms with van der Waals surface area (Å²) in [5, 5.41) is 5.82. The van der Waals surface area contributed by atoms with Gasteiger partial charge < -0.3 is 5.32 Å². The predicted molar refractivity (Wildman–Crippen MR) is 95.3 cm³/mol. The van der Waals surface area contributed by atoms with Gasteiger partial charge in [0, 0.05) is 43.0 Å². The minimum absolute atomic E-state index is 0.125. The molecule has 0 fully saturated rings. The van der Waals surface area contributed by atoms with E-state index in [0.717, 1.165) is 22.0 Å². The first kappa shape index (κ1) is 16.0. The lowest BCUT2D eigenvalue weighted by Crippen LogP contribution is -2.23. The van der Waals surface area contributed by atoms with Crippen molar-refractivity contribution in [3.63, 3.8) is 0 Å². The SMILES string of the molecule is O=C(/C=C\c1cccnc1)NCCc1nc(-c2ccccn2)cs1. The maximum absolute atomic E-state index is 11.8. The van der Waals surface area contributed by atoms with Crippen LogP contribution >= 0.6 is 11.3 Å². The van der Waals surface area contributed by atoms with Crippen LogP contribution in [0.25, 0.3) is 17.5 Å². The van der Waals surface area contributed by atoms with E-state index in [1.165, 1.54) is 6.08 Å².